The zero-order valence-electron chi connectivity index (χ0n) is 10.9. The molecule has 2 rings (SSSR count). The van der Waals surface area contributed by atoms with Crippen LogP contribution in [0.2, 0.25) is 10.0 Å². The maximum absolute atomic E-state index is 11.6. The van der Waals surface area contributed by atoms with E-state index in [9.17, 15) is 4.79 Å². The number of benzene rings is 1. The molecule has 0 saturated heterocycles. The molecule has 0 aliphatic heterocycles. The molecule has 0 amide bonds. The maximum Gasteiger partial charge on any atom is 0.255 e. The summed E-state index contributed by atoms with van der Waals surface area (Å²) >= 11 is 11.9. The van der Waals surface area contributed by atoms with Crippen LogP contribution in [0.4, 0.5) is 5.95 Å². The smallest absolute Gasteiger partial charge is 0.255 e. The van der Waals surface area contributed by atoms with E-state index in [0.717, 1.165) is 0 Å². The topological polar surface area (TPSA) is 70.1 Å². The highest BCUT2D eigenvalue weighted by atomic mass is 35.5. The van der Waals surface area contributed by atoms with Gasteiger partial charge in [0.05, 0.1) is 16.3 Å². The summed E-state index contributed by atoms with van der Waals surface area (Å²) in [6.45, 7) is 3.47. The predicted molar refractivity (Wildman–Crippen MR) is 82.0 cm³/mol. The summed E-state index contributed by atoms with van der Waals surface area (Å²) in [5.74, 6) is 0.271. The second-order valence-corrected chi connectivity index (χ2v) is 4.92. The van der Waals surface area contributed by atoms with Gasteiger partial charge >= 0.3 is 0 Å². The number of nitrogens with zero attached hydrogens (tertiary/aromatic N) is 2. The monoisotopic (exact) mass is 310 g/mol. The Kier molecular flexibility index (Phi) is 4.42. The SMILES string of the molecule is Cc1nc(N/N=C/c2cccc(Cl)c2Cl)[nH]c(=O)c1C. The number of hydrogen-bond acceptors (Lipinski definition) is 4. The number of aryl methyl sites for hydroxylation is 1. The molecule has 0 fully saturated rings. The fourth-order valence-electron chi connectivity index (χ4n) is 1.48. The summed E-state index contributed by atoms with van der Waals surface area (Å²) in [4.78, 5) is 18.3. The Bertz CT molecular complexity index is 725. The van der Waals surface area contributed by atoms with Crippen molar-refractivity contribution >= 4 is 35.4 Å². The minimum absolute atomic E-state index is 0.198. The molecular weight excluding hydrogens is 299 g/mol. The highest BCUT2D eigenvalue weighted by Crippen LogP contribution is 2.24. The van der Waals surface area contributed by atoms with Gasteiger partial charge in [-0.25, -0.2) is 10.4 Å². The lowest BCUT2D eigenvalue weighted by atomic mass is 10.2. The van der Waals surface area contributed by atoms with Crippen molar-refractivity contribution in [2.75, 3.05) is 5.43 Å². The molecule has 0 spiro atoms. The Morgan fingerprint density at radius 1 is 1.35 bits per heavy atom. The van der Waals surface area contributed by atoms with Crippen LogP contribution in [-0.4, -0.2) is 16.2 Å². The Hall–Kier alpha value is -1.85. The van der Waals surface area contributed by atoms with Gasteiger partial charge in [0.2, 0.25) is 5.95 Å². The molecule has 0 unspecified atom stereocenters. The molecule has 0 aliphatic carbocycles. The number of aromatic amines is 1. The van der Waals surface area contributed by atoms with E-state index in [1.54, 1.807) is 32.0 Å². The van der Waals surface area contributed by atoms with E-state index in [2.05, 4.69) is 20.5 Å². The standard InChI is InChI=1S/C13H12Cl2N4O/c1-7-8(2)17-13(18-12(7)20)19-16-6-9-4-3-5-10(14)11(9)15/h3-6H,1-2H3,(H2,17,18,19,20)/b16-6+. The summed E-state index contributed by atoms with van der Waals surface area (Å²) in [5.41, 5.74) is 4.34. The van der Waals surface area contributed by atoms with Gasteiger partial charge in [-0.05, 0) is 19.9 Å². The van der Waals surface area contributed by atoms with E-state index in [1.165, 1.54) is 6.21 Å². The number of hydrogen-bond donors (Lipinski definition) is 2. The van der Waals surface area contributed by atoms with Crippen LogP contribution < -0.4 is 11.0 Å². The summed E-state index contributed by atoms with van der Waals surface area (Å²) in [6, 6.07) is 5.23. The van der Waals surface area contributed by atoms with Crippen LogP contribution in [-0.2, 0) is 0 Å². The first-order chi connectivity index (χ1) is 9.49. The van der Waals surface area contributed by atoms with Crippen molar-refractivity contribution in [1.82, 2.24) is 9.97 Å². The Morgan fingerprint density at radius 3 is 2.80 bits per heavy atom. The quantitative estimate of drug-likeness (QED) is 0.676. The Balaban J connectivity index is 2.18. The van der Waals surface area contributed by atoms with Crippen LogP contribution in [0.25, 0.3) is 0 Å². The number of rotatable bonds is 3. The average Bonchev–Trinajstić information content (AvgIpc) is 2.41. The number of hydrazone groups is 1. The van der Waals surface area contributed by atoms with Crippen molar-refractivity contribution < 1.29 is 0 Å². The number of aromatic nitrogens is 2. The molecule has 0 atom stereocenters. The van der Waals surface area contributed by atoms with E-state index >= 15 is 0 Å². The highest BCUT2D eigenvalue weighted by molar-refractivity contribution is 6.43. The molecule has 7 heteroatoms. The third kappa shape index (κ3) is 3.18. The van der Waals surface area contributed by atoms with E-state index in [4.69, 9.17) is 23.2 Å². The molecule has 104 valence electrons. The lowest BCUT2D eigenvalue weighted by molar-refractivity contribution is 1.01. The van der Waals surface area contributed by atoms with Crippen LogP contribution in [0.15, 0.2) is 28.1 Å². The van der Waals surface area contributed by atoms with Gasteiger partial charge < -0.3 is 0 Å². The van der Waals surface area contributed by atoms with Crippen LogP contribution in [0.3, 0.4) is 0 Å². The number of halogens is 2. The lowest BCUT2D eigenvalue weighted by Crippen LogP contribution is -2.15. The number of nitrogens with one attached hydrogen (secondary N) is 2. The fourth-order valence-corrected chi connectivity index (χ4v) is 1.84. The molecule has 0 saturated carbocycles. The van der Waals surface area contributed by atoms with E-state index < -0.39 is 0 Å². The van der Waals surface area contributed by atoms with Crippen LogP contribution in [0.1, 0.15) is 16.8 Å². The molecule has 0 radical (unpaired) electrons. The van der Waals surface area contributed by atoms with Gasteiger partial charge in [0, 0.05) is 16.8 Å². The van der Waals surface area contributed by atoms with Gasteiger partial charge in [-0.2, -0.15) is 5.10 Å². The van der Waals surface area contributed by atoms with Gasteiger partial charge in [0.15, 0.2) is 0 Å². The van der Waals surface area contributed by atoms with Crippen molar-refractivity contribution in [3.8, 4) is 0 Å². The largest absolute Gasteiger partial charge is 0.291 e. The molecule has 5 nitrogen and oxygen atoms in total. The van der Waals surface area contributed by atoms with Gasteiger partial charge in [-0.15, -0.1) is 0 Å². The highest BCUT2D eigenvalue weighted by Gasteiger charge is 2.03. The zero-order valence-corrected chi connectivity index (χ0v) is 12.4. The third-order valence-corrected chi connectivity index (χ3v) is 3.58. The summed E-state index contributed by atoms with van der Waals surface area (Å²) in [5, 5.41) is 4.84. The molecular formula is C13H12Cl2N4O. The zero-order chi connectivity index (χ0) is 14.7. The molecule has 20 heavy (non-hydrogen) atoms. The molecule has 0 bridgehead atoms. The Labute approximate surface area is 125 Å². The molecule has 0 aliphatic rings. The molecule has 1 aromatic heterocycles. The maximum atomic E-state index is 11.6. The molecule has 1 aromatic carbocycles. The van der Waals surface area contributed by atoms with Gasteiger partial charge in [0.1, 0.15) is 0 Å². The average molecular weight is 311 g/mol. The summed E-state index contributed by atoms with van der Waals surface area (Å²) in [6.07, 6.45) is 1.50. The molecule has 2 N–H and O–H groups in total. The first-order valence-corrected chi connectivity index (χ1v) is 6.55. The van der Waals surface area contributed by atoms with Crippen LogP contribution >= 0.6 is 23.2 Å². The second kappa shape index (κ2) is 6.07. The van der Waals surface area contributed by atoms with Gasteiger partial charge in [0.25, 0.3) is 5.56 Å². The van der Waals surface area contributed by atoms with Crippen LogP contribution in [0, 0.1) is 13.8 Å². The fraction of sp³-hybridized carbons (Fsp3) is 0.154. The molecule has 1 heterocycles. The lowest BCUT2D eigenvalue weighted by Gasteiger charge is -2.03. The first-order valence-electron chi connectivity index (χ1n) is 5.79. The first kappa shape index (κ1) is 14.6. The normalized spacial score (nSPS) is 11.0. The Morgan fingerprint density at radius 2 is 2.10 bits per heavy atom. The van der Waals surface area contributed by atoms with Crippen molar-refractivity contribution in [3.63, 3.8) is 0 Å². The predicted octanol–water partition coefficient (Wildman–Crippen LogP) is 3.14. The van der Waals surface area contributed by atoms with Gasteiger partial charge in [-0.1, -0.05) is 35.3 Å². The van der Waals surface area contributed by atoms with Crippen molar-refractivity contribution in [1.29, 1.82) is 0 Å². The van der Waals surface area contributed by atoms with E-state index in [1.807, 2.05) is 0 Å². The minimum atomic E-state index is -0.198. The minimum Gasteiger partial charge on any atom is -0.291 e. The van der Waals surface area contributed by atoms with Gasteiger partial charge in [-0.3, -0.25) is 9.78 Å². The number of H-pyrrole nitrogens is 1. The third-order valence-electron chi connectivity index (χ3n) is 2.75. The van der Waals surface area contributed by atoms with Crippen molar-refractivity contribution in [3.05, 3.63) is 55.4 Å². The second-order valence-electron chi connectivity index (χ2n) is 4.14. The summed E-state index contributed by atoms with van der Waals surface area (Å²) in [7, 11) is 0. The van der Waals surface area contributed by atoms with Crippen molar-refractivity contribution in [2.24, 2.45) is 5.10 Å². The number of anilines is 1. The van der Waals surface area contributed by atoms with E-state index in [0.29, 0.717) is 26.9 Å². The van der Waals surface area contributed by atoms with E-state index in [-0.39, 0.29) is 11.5 Å². The molecule has 2 aromatic rings. The summed E-state index contributed by atoms with van der Waals surface area (Å²) < 4.78 is 0. The van der Waals surface area contributed by atoms with Crippen molar-refractivity contribution in [2.45, 2.75) is 13.8 Å². The van der Waals surface area contributed by atoms with Crippen LogP contribution in [0.5, 0.6) is 0 Å².